The van der Waals surface area contributed by atoms with E-state index < -0.39 is 0 Å². The van der Waals surface area contributed by atoms with Gasteiger partial charge in [-0.3, -0.25) is 0 Å². The van der Waals surface area contributed by atoms with Gasteiger partial charge in [0.25, 0.3) is 0 Å². The molecule has 5 heteroatoms. The maximum atomic E-state index is 5.55. The lowest BCUT2D eigenvalue weighted by molar-refractivity contribution is 0.308. The van der Waals surface area contributed by atoms with Crippen LogP contribution in [0, 0.1) is 6.92 Å². The fourth-order valence-electron chi connectivity index (χ4n) is 1.99. The summed E-state index contributed by atoms with van der Waals surface area (Å²) in [6.45, 7) is 5.69. The number of nitrogens with one attached hydrogen (secondary N) is 1. The van der Waals surface area contributed by atoms with Crippen LogP contribution in [0.1, 0.15) is 24.1 Å². The van der Waals surface area contributed by atoms with Gasteiger partial charge in [-0.25, -0.2) is 4.98 Å². The molecule has 0 unspecified atom stereocenters. The zero-order valence-electron chi connectivity index (χ0n) is 12.1. The van der Waals surface area contributed by atoms with Crippen molar-refractivity contribution in [1.82, 2.24) is 10.3 Å². The van der Waals surface area contributed by atoms with Crippen molar-refractivity contribution in [1.29, 1.82) is 0 Å². The molecule has 0 fully saturated rings. The van der Waals surface area contributed by atoms with Gasteiger partial charge in [-0.1, -0.05) is 12.1 Å². The molecule has 0 atom stereocenters. The lowest BCUT2D eigenvalue weighted by Crippen LogP contribution is -2.14. The largest absolute Gasteiger partial charge is 0.493 e. The first-order valence-electron chi connectivity index (χ1n) is 6.65. The lowest BCUT2D eigenvalue weighted by Gasteiger charge is -2.13. The van der Waals surface area contributed by atoms with Crippen molar-refractivity contribution in [3.63, 3.8) is 0 Å². The van der Waals surface area contributed by atoms with E-state index in [1.165, 1.54) is 0 Å². The van der Waals surface area contributed by atoms with Crippen LogP contribution in [0.25, 0.3) is 0 Å². The molecule has 0 aliphatic carbocycles. The van der Waals surface area contributed by atoms with Gasteiger partial charge in [-0.05, 0) is 19.9 Å². The van der Waals surface area contributed by atoms with E-state index in [1.54, 1.807) is 13.3 Å². The van der Waals surface area contributed by atoms with Crippen molar-refractivity contribution < 1.29 is 13.9 Å². The second-order valence-electron chi connectivity index (χ2n) is 4.35. The number of oxazole rings is 1. The molecule has 0 saturated carbocycles. The smallest absolute Gasteiger partial charge is 0.208 e. The first kappa shape index (κ1) is 14.4. The highest BCUT2D eigenvalue weighted by atomic mass is 16.5. The molecule has 108 valence electrons. The maximum Gasteiger partial charge on any atom is 0.208 e. The van der Waals surface area contributed by atoms with Crippen LogP contribution in [0.3, 0.4) is 0 Å². The van der Waals surface area contributed by atoms with Crippen molar-refractivity contribution in [3.8, 4) is 11.5 Å². The van der Waals surface area contributed by atoms with Gasteiger partial charge in [-0.15, -0.1) is 0 Å². The summed E-state index contributed by atoms with van der Waals surface area (Å²) < 4.78 is 16.4. The highest BCUT2D eigenvalue weighted by Crippen LogP contribution is 2.30. The zero-order chi connectivity index (χ0) is 14.4. The molecule has 2 rings (SSSR count). The highest BCUT2D eigenvalue weighted by molar-refractivity contribution is 5.46. The van der Waals surface area contributed by atoms with Gasteiger partial charge in [0.15, 0.2) is 11.5 Å². The molecule has 0 aliphatic rings. The molecule has 1 aromatic carbocycles. The average Bonchev–Trinajstić information content (AvgIpc) is 2.85. The minimum Gasteiger partial charge on any atom is -0.493 e. The number of rotatable bonds is 7. The number of nitrogens with zero attached hydrogens (tertiary/aromatic N) is 1. The van der Waals surface area contributed by atoms with Gasteiger partial charge in [0.05, 0.1) is 26.5 Å². The normalized spacial score (nSPS) is 10.6. The molecule has 5 nitrogen and oxygen atoms in total. The van der Waals surface area contributed by atoms with Gasteiger partial charge >= 0.3 is 0 Å². The van der Waals surface area contributed by atoms with Gasteiger partial charge < -0.3 is 19.2 Å². The fourth-order valence-corrected chi connectivity index (χ4v) is 1.99. The third-order valence-corrected chi connectivity index (χ3v) is 2.83. The highest BCUT2D eigenvalue weighted by Gasteiger charge is 2.10. The molecule has 0 aliphatic heterocycles. The van der Waals surface area contributed by atoms with Gasteiger partial charge in [0.1, 0.15) is 5.76 Å². The summed E-state index contributed by atoms with van der Waals surface area (Å²) in [4.78, 5) is 4.15. The standard InChI is InChI=1S/C15H20N2O3/c1-4-19-13-7-5-6-12(15(13)18-3)9-16-10-14-17-8-11(2)20-14/h5-8,16H,4,9-10H2,1-3H3. The number of ether oxygens (including phenoxy) is 2. The SMILES string of the molecule is CCOc1cccc(CNCc2ncc(C)o2)c1OC. The second kappa shape index (κ2) is 6.96. The number of aromatic nitrogens is 1. The van der Waals surface area contributed by atoms with E-state index >= 15 is 0 Å². The average molecular weight is 276 g/mol. The summed E-state index contributed by atoms with van der Waals surface area (Å²) in [6.07, 6.45) is 1.72. The topological polar surface area (TPSA) is 56.5 Å². The van der Waals surface area contributed by atoms with Crippen molar-refractivity contribution in [2.24, 2.45) is 0 Å². The molecule has 1 heterocycles. The fraction of sp³-hybridized carbons (Fsp3) is 0.400. The Bertz CT molecular complexity index is 552. The second-order valence-corrected chi connectivity index (χ2v) is 4.35. The molecule has 1 N–H and O–H groups in total. The maximum absolute atomic E-state index is 5.55. The van der Waals surface area contributed by atoms with Crippen LogP contribution in [0.2, 0.25) is 0 Å². The Labute approximate surface area is 118 Å². The monoisotopic (exact) mass is 276 g/mol. The van der Waals surface area contributed by atoms with E-state index in [4.69, 9.17) is 13.9 Å². The van der Waals surface area contributed by atoms with Gasteiger partial charge in [-0.2, -0.15) is 0 Å². The minimum atomic E-state index is 0.579. The Hall–Kier alpha value is -2.01. The Kier molecular flexibility index (Phi) is 5.01. The van der Waals surface area contributed by atoms with E-state index in [0.717, 1.165) is 22.8 Å². The van der Waals surface area contributed by atoms with Gasteiger partial charge in [0, 0.05) is 12.1 Å². The van der Waals surface area contributed by atoms with Crippen LogP contribution in [0.15, 0.2) is 28.8 Å². The summed E-state index contributed by atoms with van der Waals surface area (Å²) in [5, 5.41) is 3.28. The van der Waals surface area contributed by atoms with E-state index in [9.17, 15) is 0 Å². The summed E-state index contributed by atoms with van der Waals surface area (Å²) in [7, 11) is 1.65. The zero-order valence-corrected chi connectivity index (χ0v) is 12.1. The van der Waals surface area contributed by atoms with E-state index in [0.29, 0.717) is 25.6 Å². The first-order chi connectivity index (χ1) is 9.74. The summed E-state index contributed by atoms with van der Waals surface area (Å²) >= 11 is 0. The minimum absolute atomic E-state index is 0.579. The van der Waals surface area contributed by atoms with Crippen LogP contribution in [-0.2, 0) is 13.1 Å². The number of benzene rings is 1. The Morgan fingerprint density at radius 1 is 1.30 bits per heavy atom. The molecule has 0 spiro atoms. The van der Waals surface area contributed by atoms with Crippen LogP contribution in [-0.4, -0.2) is 18.7 Å². The van der Waals surface area contributed by atoms with Crippen molar-refractivity contribution in [2.75, 3.05) is 13.7 Å². The number of hydrogen-bond acceptors (Lipinski definition) is 5. The van der Waals surface area contributed by atoms with Crippen molar-refractivity contribution in [3.05, 3.63) is 41.6 Å². The summed E-state index contributed by atoms with van der Waals surface area (Å²) in [5.74, 6) is 3.03. The number of methoxy groups -OCH3 is 1. The number of para-hydroxylation sites is 1. The predicted octanol–water partition coefficient (Wildman–Crippen LogP) is 2.68. The molecular formula is C15H20N2O3. The molecule has 0 radical (unpaired) electrons. The quantitative estimate of drug-likeness (QED) is 0.842. The predicted molar refractivity (Wildman–Crippen MR) is 75.9 cm³/mol. The van der Waals surface area contributed by atoms with E-state index in [1.807, 2.05) is 32.0 Å². The Morgan fingerprint density at radius 2 is 2.15 bits per heavy atom. The van der Waals surface area contributed by atoms with Crippen molar-refractivity contribution in [2.45, 2.75) is 26.9 Å². The van der Waals surface area contributed by atoms with Crippen LogP contribution in [0.4, 0.5) is 0 Å². The molecule has 0 amide bonds. The third-order valence-electron chi connectivity index (χ3n) is 2.83. The summed E-state index contributed by atoms with van der Waals surface area (Å²) in [6, 6.07) is 5.87. The van der Waals surface area contributed by atoms with Gasteiger partial charge in [0.2, 0.25) is 5.89 Å². The Morgan fingerprint density at radius 3 is 2.80 bits per heavy atom. The molecular weight excluding hydrogens is 256 g/mol. The van der Waals surface area contributed by atoms with Crippen LogP contribution >= 0.6 is 0 Å². The molecule has 0 saturated heterocycles. The first-order valence-corrected chi connectivity index (χ1v) is 6.65. The van der Waals surface area contributed by atoms with E-state index in [-0.39, 0.29) is 0 Å². The molecule has 20 heavy (non-hydrogen) atoms. The lowest BCUT2D eigenvalue weighted by atomic mass is 10.2. The Balaban J connectivity index is 1.99. The van der Waals surface area contributed by atoms with Crippen molar-refractivity contribution >= 4 is 0 Å². The molecule has 0 bridgehead atoms. The number of hydrogen-bond donors (Lipinski definition) is 1. The van der Waals surface area contributed by atoms with Crippen LogP contribution in [0.5, 0.6) is 11.5 Å². The van der Waals surface area contributed by atoms with Crippen LogP contribution < -0.4 is 14.8 Å². The molecule has 2 aromatic rings. The number of aryl methyl sites for hydroxylation is 1. The molecule has 1 aromatic heterocycles. The van der Waals surface area contributed by atoms with E-state index in [2.05, 4.69) is 10.3 Å². The third kappa shape index (κ3) is 3.51. The summed E-state index contributed by atoms with van der Waals surface area (Å²) in [5.41, 5.74) is 1.04.